The Morgan fingerprint density at radius 2 is 1.96 bits per heavy atom. The van der Waals surface area contributed by atoms with E-state index in [4.69, 9.17) is 11.6 Å². The van der Waals surface area contributed by atoms with Crippen LogP contribution in [0.1, 0.15) is 24.0 Å². The van der Waals surface area contributed by atoms with E-state index < -0.39 is 10.0 Å². The largest absolute Gasteiger partial charge is 0.355 e. The molecule has 0 radical (unpaired) electrons. The van der Waals surface area contributed by atoms with E-state index in [1.807, 2.05) is 37.3 Å². The number of piperidine rings is 1. The van der Waals surface area contributed by atoms with Crippen LogP contribution in [0.15, 0.2) is 53.4 Å². The number of hydrogen-bond donors (Lipinski definition) is 1. The number of sulfonamides is 1. The van der Waals surface area contributed by atoms with E-state index in [1.165, 1.54) is 10.4 Å². The highest BCUT2D eigenvalue weighted by molar-refractivity contribution is 7.89. The number of nitrogens with zero attached hydrogens (tertiary/aromatic N) is 1. The van der Waals surface area contributed by atoms with Crippen LogP contribution in [0.25, 0.3) is 0 Å². The molecular formula is C21H25ClN2O3S. The van der Waals surface area contributed by atoms with Crippen molar-refractivity contribution in [3.8, 4) is 0 Å². The van der Waals surface area contributed by atoms with Gasteiger partial charge in [0.1, 0.15) is 0 Å². The number of benzene rings is 2. The smallest absolute Gasteiger partial charge is 0.243 e. The summed E-state index contributed by atoms with van der Waals surface area (Å²) in [5.74, 6) is -0.419. The predicted octanol–water partition coefficient (Wildman–Crippen LogP) is 3.41. The Labute approximate surface area is 171 Å². The van der Waals surface area contributed by atoms with Gasteiger partial charge in [-0.05, 0) is 49.4 Å². The summed E-state index contributed by atoms with van der Waals surface area (Å²) < 4.78 is 27.3. The number of nitrogens with one attached hydrogen (secondary N) is 1. The first-order chi connectivity index (χ1) is 13.4. The molecule has 0 bridgehead atoms. The zero-order chi connectivity index (χ0) is 20.1. The number of hydrogen-bond acceptors (Lipinski definition) is 3. The van der Waals surface area contributed by atoms with Crippen molar-refractivity contribution in [1.82, 2.24) is 9.62 Å². The highest BCUT2D eigenvalue weighted by atomic mass is 35.5. The molecular weight excluding hydrogens is 396 g/mol. The monoisotopic (exact) mass is 420 g/mol. The van der Waals surface area contributed by atoms with E-state index in [1.54, 1.807) is 12.1 Å². The molecule has 2 aromatic rings. The lowest BCUT2D eigenvalue weighted by Gasteiger charge is -2.31. The number of carbonyl (C=O) groups is 1. The number of rotatable bonds is 6. The third-order valence-corrected chi connectivity index (χ3v) is 7.36. The maximum Gasteiger partial charge on any atom is 0.243 e. The van der Waals surface area contributed by atoms with Crippen molar-refractivity contribution in [2.45, 2.75) is 31.1 Å². The van der Waals surface area contributed by atoms with Gasteiger partial charge in [0.05, 0.1) is 10.8 Å². The van der Waals surface area contributed by atoms with Crippen LogP contribution >= 0.6 is 11.6 Å². The second-order valence-electron chi connectivity index (χ2n) is 7.14. The second kappa shape index (κ2) is 9.07. The minimum atomic E-state index is -3.66. The maximum absolute atomic E-state index is 13.0. The number of aryl methyl sites for hydroxylation is 1. The Hall–Kier alpha value is -1.89. The average Bonchev–Trinajstić information content (AvgIpc) is 2.71. The van der Waals surface area contributed by atoms with Crippen LogP contribution < -0.4 is 5.32 Å². The molecule has 28 heavy (non-hydrogen) atoms. The summed E-state index contributed by atoms with van der Waals surface area (Å²) in [6, 6.07) is 14.7. The Morgan fingerprint density at radius 3 is 2.68 bits per heavy atom. The molecule has 1 fully saturated rings. The third kappa shape index (κ3) is 4.93. The third-order valence-electron chi connectivity index (χ3n) is 5.09. The molecule has 0 spiro atoms. The molecule has 0 saturated carbocycles. The molecule has 1 N–H and O–H groups in total. The first kappa shape index (κ1) is 20.8. The van der Waals surface area contributed by atoms with Crippen molar-refractivity contribution in [3.05, 3.63) is 64.7 Å². The van der Waals surface area contributed by atoms with Crippen molar-refractivity contribution >= 4 is 27.5 Å². The summed E-state index contributed by atoms with van der Waals surface area (Å²) in [6.45, 7) is 2.99. The maximum atomic E-state index is 13.0. The lowest BCUT2D eigenvalue weighted by atomic mass is 9.99. The first-order valence-electron chi connectivity index (χ1n) is 9.46. The van der Waals surface area contributed by atoms with Crippen LogP contribution in [-0.4, -0.2) is 38.3 Å². The molecule has 1 heterocycles. The summed E-state index contributed by atoms with van der Waals surface area (Å²) in [6.07, 6.45) is 2.11. The van der Waals surface area contributed by atoms with Gasteiger partial charge in [0.15, 0.2) is 0 Å². The van der Waals surface area contributed by atoms with Gasteiger partial charge in [-0.3, -0.25) is 4.79 Å². The van der Waals surface area contributed by atoms with E-state index in [-0.39, 0.29) is 23.3 Å². The van der Waals surface area contributed by atoms with Crippen molar-refractivity contribution < 1.29 is 13.2 Å². The van der Waals surface area contributed by atoms with Crippen molar-refractivity contribution in [1.29, 1.82) is 0 Å². The Morgan fingerprint density at radius 1 is 1.21 bits per heavy atom. The fourth-order valence-electron chi connectivity index (χ4n) is 3.38. The molecule has 0 aliphatic carbocycles. The van der Waals surface area contributed by atoms with Gasteiger partial charge < -0.3 is 5.32 Å². The fourth-order valence-corrected chi connectivity index (χ4v) is 5.17. The zero-order valence-electron chi connectivity index (χ0n) is 15.9. The molecule has 2 aromatic carbocycles. The average molecular weight is 421 g/mol. The zero-order valence-corrected chi connectivity index (χ0v) is 17.5. The Kier molecular flexibility index (Phi) is 6.75. The molecule has 150 valence electrons. The van der Waals surface area contributed by atoms with Crippen LogP contribution in [0, 0.1) is 12.8 Å². The summed E-state index contributed by atoms with van der Waals surface area (Å²) in [5.41, 5.74) is 1.99. The molecule has 0 aromatic heterocycles. The van der Waals surface area contributed by atoms with Gasteiger partial charge in [-0.2, -0.15) is 4.31 Å². The Bertz CT molecular complexity index is 932. The van der Waals surface area contributed by atoms with Gasteiger partial charge in [0.2, 0.25) is 15.9 Å². The molecule has 1 aliphatic heterocycles. The van der Waals surface area contributed by atoms with E-state index >= 15 is 0 Å². The summed E-state index contributed by atoms with van der Waals surface area (Å²) >= 11 is 6.10. The standard InChI is InChI=1S/C21H25ClN2O3S/c1-16-9-10-19(14-20(16)22)28(26,27)24-13-5-8-18(15-24)21(25)23-12-11-17-6-3-2-4-7-17/h2-4,6-7,9-10,14,18H,5,8,11-13,15H2,1H3,(H,23,25)/t18-/m1/s1. The highest BCUT2D eigenvalue weighted by Crippen LogP contribution is 2.26. The lowest BCUT2D eigenvalue weighted by molar-refractivity contribution is -0.126. The normalized spacial score (nSPS) is 18.0. The summed E-state index contributed by atoms with van der Waals surface area (Å²) in [4.78, 5) is 12.7. The molecule has 5 nitrogen and oxygen atoms in total. The number of carbonyl (C=O) groups excluding carboxylic acids is 1. The molecule has 1 amide bonds. The van der Waals surface area contributed by atoms with Crippen LogP contribution in [0.3, 0.4) is 0 Å². The molecule has 3 rings (SSSR count). The van der Waals surface area contributed by atoms with Crippen molar-refractivity contribution in [2.75, 3.05) is 19.6 Å². The molecule has 1 atom stereocenters. The minimum absolute atomic E-state index is 0.0854. The summed E-state index contributed by atoms with van der Waals surface area (Å²) in [5, 5.41) is 3.37. The number of halogens is 1. The van der Waals surface area contributed by atoms with Crippen molar-refractivity contribution in [3.63, 3.8) is 0 Å². The van der Waals surface area contributed by atoms with Crippen molar-refractivity contribution in [2.24, 2.45) is 5.92 Å². The lowest BCUT2D eigenvalue weighted by Crippen LogP contribution is -2.45. The van der Waals surface area contributed by atoms with Gasteiger partial charge >= 0.3 is 0 Å². The molecule has 1 aliphatic rings. The van der Waals surface area contributed by atoms with Gasteiger partial charge in [-0.25, -0.2) is 8.42 Å². The van der Waals surface area contributed by atoms with Gasteiger partial charge in [-0.1, -0.05) is 48.0 Å². The SMILES string of the molecule is Cc1ccc(S(=O)(=O)N2CCC[C@@H](C(=O)NCCc3ccccc3)C2)cc1Cl. The Balaban J connectivity index is 1.61. The van der Waals surface area contributed by atoms with Crippen LogP contribution in [0.5, 0.6) is 0 Å². The van der Waals surface area contributed by atoms with Crippen LogP contribution in [0.4, 0.5) is 0 Å². The van der Waals surface area contributed by atoms with E-state index in [9.17, 15) is 13.2 Å². The predicted molar refractivity (Wildman–Crippen MR) is 111 cm³/mol. The molecule has 7 heteroatoms. The fraction of sp³-hybridized carbons (Fsp3) is 0.381. The number of amides is 1. The van der Waals surface area contributed by atoms with E-state index in [2.05, 4.69) is 5.32 Å². The molecule has 1 saturated heterocycles. The van der Waals surface area contributed by atoms with Crippen LogP contribution in [-0.2, 0) is 21.2 Å². The van der Waals surface area contributed by atoms with Gasteiger partial charge in [0, 0.05) is 24.7 Å². The van der Waals surface area contributed by atoms with E-state index in [0.717, 1.165) is 17.5 Å². The van der Waals surface area contributed by atoms with Crippen LogP contribution in [0.2, 0.25) is 5.02 Å². The quantitative estimate of drug-likeness (QED) is 0.778. The summed E-state index contributed by atoms with van der Waals surface area (Å²) in [7, 11) is -3.66. The van der Waals surface area contributed by atoms with Gasteiger partial charge in [-0.15, -0.1) is 0 Å². The topological polar surface area (TPSA) is 66.5 Å². The van der Waals surface area contributed by atoms with E-state index in [0.29, 0.717) is 31.0 Å². The highest BCUT2D eigenvalue weighted by Gasteiger charge is 2.33. The minimum Gasteiger partial charge on any atom is -0.355 e. The second-order valence-corrected chi connectivity index (χ2v) is 9.48. The van der Waals surface area contributed by atoms with Gasteiger partial charge in [0.25, 0.3) is 0 Å². The molecule has 0 unspecified atom stereocenters. The first-order valence-corrected chi connectivity index (χ1v) is 11.3.